The van der Waals surface area contributed by atoms with E-state index in [0.717, 1.165) is 23.1 Å². The van der Waals surface area contributed by atoms with Gasteiger partial charge < -0.3 is 10.0 Å². The van der Waals surface area contributed by atoms with Crippen LogP contribution in [0.1, 0.15) is 24.5 Å². The summed E-state index contributed by atoms with van der Waals surface area (Å²) in [6.07, 6.45) is 0.924. The second-order valence-electron chi connectivity index (χ2n) is 7.14. The third-order valence-electron chi connectivity index (χ3n) is 5.39. The molecule has 2 aromatic carbocycles. The number of carbonyl (C=O) groups excluding carboxylic acids is 1. The first kappa shape index (κ1) is 18.3. The Labute approximate surface area is 162 Å². The highest BCUT2D eigenvalue weighted by Crippen LogP contribution is 2.30. The Balaban J connectivity index is 1.39. The average molecular weight is 378 g/mol. The van der Waals surface area contributed by atoms with Gasteiger partial charge in [-0.1, -0.05) is 47.7 Å². The molecule has 1 aliphatic rings. The lowest BCUT2D eigenvalue weighted by Crippen LogP contribution is -2.43. The van der Waals surface area contributed by atoms with Crippen molar-refractivity contribution in [2.75, 3.05) is 13.1 Å². The van der Waals surface area contributed by atoms with Crippen LogP contribution in [0.4, 0.5) is 0 Å². The molecular weight excluding hydrogens is 356 g/mol. The quantitative estimate of drug-likeness (QED) is 0.747. The molecule has 1 fully saturated rings. The molecule has 0 saturated carbocycles. The number of hydrogen-bond acceptors (Lipinski definition) is 5. The van der Waals surface area contributed by atoms with Crippen molar-refractivity contribution in [2.24, 2.45) is 5.92 Å². The lowest BCUT2D eigenvalue weighted by atomic mass is 9.87. The third kappa shape index (κ3) is 3.66. The Morgan fingerprint density at radius 3 is 2.50 bits per heavy atom. The van der Waals surface area contributed by atoms with Crippen LogP contribution in [-0.2, 0) is 11.3 Å². The van der Waals surface area contributed by atoms with Crippen LogP contribution in [0, 0.1) is 5.92 Å². The van der Waals surface area contributed by atoms with Gasteiger partial charge in [-0.2, -0.15) is 0 Å². The summed E-state index contributed by atoms with van der Waals surface area (Å²) in [5, 5.41) is 18.9. The van der Waals surface area contributed by atoms with Gasteiger partial charge in [0.25, 0.3) is 5.56 Å². The van der Waals surface area contributed by atoms with Crippen LogP contribution < -0.4 is 5.56 Å². The monoisotopic (exact) mass is 378 g/mol. The molecule has 1 saturated heterocycles. The topological polar surface area (TPSA) is 88.3 Å². The van der Waals surface area contributed by atoms with E-state index >= 15 is 0 Å². The summed E-state index contributed by atoms with van der Waals surface area (Å²) in [6, 6.07) is 16.6. The lowest BCUT2D eigenvalue weighted by molar-refractivity contribution is -0.134. The number of nitrogens with zero attached hydrogens (tertiary/aromatic N) is 4. The number of amides is 1. The van der Waals surface area contributed by atoms with Crippen LogP contribution in [0.5, 0.6) is 0 Å². The molecule has 1 atom stereocenters. The Kier molecular flexibility index (Phi) is 5.16. The molecule has 3 aromatic rings. The molecule has 4 rings (SSSR count). The van der Waals surface area contributed by atoms with E-state index in [2.05, 4.69) is 10.3 Å². The van der Waals surface area contributed by atoms with E-state index in [-0.39, 0.29) is 23.9 Å². The molecule has 7 nitrogen and oxygen atoms in total. The zero-order valence-electron chi connectivity index (χ0n) is 15.4. The Morgan fingerprint density at radius 1 is 1.07 bits per heavy atom. The molecule has 1 N–H and O–H groups in total. The SMILES string of the molecule is O=C(Cn1nnc2ccccc2c1=O)N1CCC(C(O)c2ccccc2)CC1. The van der Waals surface area contributed by atoms with E-state index in [1.807, 2.05) is 30.3 Å². The molecule has 1 unspecified atom stereocenters. The first-order chi connectivity index (χ1) is 13.6. The second-order valence-corrected chi connectivity index (χ2v) is 7.14. The molecule has 0 radical (unpaired) electrons. The Bertz CT molecular complexity index is 1030. The number of aliphatic hydroxyl groups is 1. The molecule has 7 heteroatoms. The third-order valence-corrected chi connectivity index (χ3v) is 5.39. The van der Waals surface area contributed by atoms with Crippen molar-refractivity contribution in [3.8, 4) is 0 Å². The van der Waals surface area contributed by atoms with Crippen molar-refractivity contribution < 1.29 is 9.90 Å². The van der Waals surface area contributed by atoms with Gasteiger partial charge in [0.05, 0.1) is 11.5 Å². The van der Waals surface area contributed by atoms with Crippen molar-refractivity contribution in [1.29, 1.82) is 0 Å². The minimum absolute atomic E-state index is 0.120. The largest absolute Gasteiger partial charge is 0.388 e. The molecule has 28 heavy (non-hydrogen) atoms. The van der Waals surface area contributed by atoms with E-state index in [1.165, 1.54) is 0 Å². The Hall–Kier alpha value is -3.06. The number of aliphatic hydroxyl groups excluding tert-OH is 1. The fraction of sp³-hybridized carbons (Fsp3) is 0.333. The van der Waals surface area contributed by atoms with Crippen molar-refractivity contribution in [2.45, 2.75) is 25.5 Å². The van der Waals surface area contributed by atoms with Gasteiger partial charge in [-0.15, -0.1) is 5.10 Å². The van der Waals surface area contributed by atoms with E-state index in [4.69, 9.17) is 0 Å². The number of likely N-dealkylation sites (tertiary alicyclic amines) is 1. The number of fused-ring (bicyclic) bond motifs is 1. The molecule has 0 bridgehead atoms. The van der Waals surface area contributed by atoms with Gasteiger partial charge in [0.1, 0.15) is 12.1 Å². The van der Waals surface area contributed by atoms with Crippen molar-refractivity contribution >= 4 is 16.8 Å². The number of hydrogen-bond donors (Lipinski definition) is 1. The molecule has 2 heterocycles. The summed E-state index contributed by atoms with van der Waals surface area (Å²) in [6.45, 7) is 0.995. The maximum Gasteiger partial charge on any atom is 0.278 e. The summed E-state index contributed by atoms with van der Waals surface area (Å²) in [7, 11) is 0. The Morgan fingerprint density at radius 2 is 1.75 bits per heavy atom. The van der Waals surface area contributed by atoms with Crippen LogP contribution in [-0.4, -0.2) is 44.0 Å². The van der Waals surface area contributed by atoms with Gasteiger partial charge in [-0.3, -0.25) is 9.59 Å². The summed E-state index contributed by atoms with van der Waals surface area (Å²) >= 11 is 0. The summed E-state index contributed by atoms with van der Waals surface area (Å²) < 4.78 is 1.12. The van der Waals surface area contributed by atoms with Crippen LogP contribution >= 0.6 is 0 Å². The minimum atomic E-state index is -0.521. The smallest absolute Gasteiger partial charge is 0.278 e. The molecule has 1 aromatic heterocycles. The number of carbonyl (C=O) groups is 1. The normalized spacial score (nSPS) is 16.2. The molecular formula is C21H22N4O3. The fourth-order valence-electron chi connectivity index (χ4n) is 3.74. The van der Waals surface area contributed by atoms with E-state index in [9.17, 15) is 14.7 Å². The van der Waals surface area contributed by atoms with Crippen LogP contribution in [0.2, 0.25) is 0 Å². The molecule has 1 amide bonds. The molecule has 0 aliphatic carbocycles. The number of piperidine rings is 1. The van der Waals surface area contributed by atoms with Gasteiger partial charge in [0, 0.05) is 13.1 Å². The summed E-state index contributed by atoms with van der Waals surface area (Å²) in [5.74, 6) is -0.0334. The maximum absolute atomic E-state index is 12.6. The van der Waals surface area contributed by atoms with Crippen molar-refractivity contribution in [3.05, 3.63) is 70.5 Å². The van der Waals surface area contributed by atoms with Gasteiger partial charge in [-0.05, 0) is 36.5 Å². The predicted octanol–water partition coefficient (Wildman–Crippen LogP) is 1.76. The van der Waals surface area contributed by atoms with Gasteiger partial charge in [0.2, 0.25) is 5.91 Å². The fourth-order valence-corrected chi connectivity index (χ4v) is 3.74. The van der Waals surface area contributed by atoms with Gasteiger partial charge >= 0.3 is 0 Å². The summed E-state index contributed by atoms with van der Waals surface area (Å²) in [4.78, 5) is 26.9. The van der Waals surface area contributed by atoms with Gasteiger partial charge in [0.15, 0.2) is 0 Å². The lowest BCUT2D eigenvalue weighted by Gasteiger charge is -2.34. The van der Waals surface area contributed by atoms with Gasteiger partial charge in [-0.25, -0.2) is 4.68 Å². The van der Waals surface area contributed by atoms with Crippen molar-refractivity contribution in [3.63, 3.8) is 0 Å². The minimum Gasteiger partial charge on any atom is -0.388 e. The average Bonchev–Trinajstić information content (AvgIpc) is 2.76. The first-order valence-corrected chi connectivity index (χ1v) is 9.47. The van der Waals surface area contributed by atoms with Crippen LogP contribution in [0.15, 0.2) is 59.4 Å². The molecule has 0 spiro atoms. The van der Waals surface area contributed by atoms with E-state index < -0.39 is 6.10 Å². The van der Waals surface area contributed by atoms with E-state index in [0.29, 0.717) is 24.0 Å². The van der Waals surface area contributed by atoms with Crippen LogP contribution in [0.25, 0.3) is 10.9 Å². The summed E-state index contributed by atoms with van der Waals surface area (Å²) in [5.41, 5.74) is 1.12. The van der Waals surface area contributed by atoms with E-state index in [1.54, 1.807) is 29.2 Å². The number of rotatable bonds is 4. The number of benzene rings is 2. The maximum atomic E-state index is 12.6. The highest BCUT2D eigenvalue weighted by molar-refractivity contribution is 5.78. The standard InChI is InChI=1S/C21H22N4O3/c26-19(14-25-21(28)17-8-4-5-9-18(17)22-23-25)24-12-10-16(11-13-24)20(27)15-6-2-1-3-7-15/h1-9,16,20,27H,10-14H2. The highest BCUT2D eigenvalue weighted by atomic mass is 16.3. The predicted molar refractivity (Wildman–Crippen MR) is 105 cm³/mol. The first-order valence-electron chi connectivity index (χ1n) is 9.47. The molecule has 144 valence electrons. The zero-order valence-corrected chi connectivity index (χ0v) is 15.4. The van der Waals surface area contributed by atoms with Crippen molar-refractivity contribution in [1.82, 2.24) is 19.9 Å². The van der Waals surface area contributed by atoms with Crippen LogP contribution in [0.3, 0.4) is 0 Å². The molecule has 1 aliphatic heterocycles. The zero-order chi connectivity index (χ0) is 19.5. The second kappa shape index (κ2) is 7.90. The number of aromatic nitrogens is 3. The highest BCUT2D eigenvalue weighted by Gasteiger charge is 2.28.